The van der Waals surface area contributed by atoms with Crippen molar-refractivity contribution in [2.45, 2.75) is 13.8 Å². The molecule has 0 aliphatic heterocycles. The number of thiophene rings is 1. The van der Waals surface area contributed by atoms with Crippen LogP contribution in [0.4, 0.5) is 0 Å². The molecule has 4 heteroatoms. The van der Waals surface area contributed by atoms with Gasteiger partial charge >= 0.3 is 0 Å². The maximum Gasteiger partial charge on any atom is 0.246 e. The van der Waals surface area contributed by atoms with Crippen LogP contribution in [-0.4, -0.2) is 23.9 Å². The van der Waals surface area contributed by atoms with Crippen LogP contribution in [0.5, 0.6) is 0 Å². The molecule has 2 nitrogen and oxygen atoms in total. The highest BCUT2D eigenvalue weighted by atomic mass is 79.9. The fourth-order valence-corrected chi connectivity index (χ4v) is 2.54. The number of amides is 1. The third-order valence-corrected chi connectivity index (χ3v) is 3.65. The topological polar surface area (TPSA) is 20.3 Å². The Kier molecular flexibility index (Phi) is 5.05. The Balaban J connectivity index is 2.61. The summed E-state index contributed by atoms with van der Waals surface area (Å²) in [5.74, 6) is 0.0736. The van der Waals surface area contributed by atoms with Crippen LogP contribution in [0.25, 0.3) is 6.08 Å². The highest BCUT2D eigenvalue weighted by Crippen LogP contribution is 2.22. The zero-order valence-electron chi connectivity index (χ0n) is 8.87. The number of nitrogens with zero attached hydrogens (tertiary/aromatic N) is 1. The molecule has 0 saturated carbocycles. The summed E-state index contributed by atoms with van der Waals surface area (Å²) in [7, 11) is 0. The van der Waals surface area contributed by atoms with Gasteiger partial charge in [0.1, 0.15) is 0 Å². The molecule has 1 aromatic rings. The van der Waals surface area contributed by atoms with E-state index in [0.717, 1.165) is 21.8 Å². The van der Waals surface area contributed by atoms with Crippen LogP contribution in [-0.2, 0) is 4.79 Å². The smallest absolute Gasteiger partial charge is 0.246 e. The van der Waals surface area contributed by atoms with Gasteiger partial charge < -0.3 is 4.90 Å². The molecule has 0 bridgehead atoms. The number of halogens is 1. The van der Waals surface area contributed by atoms with E-state index >= 15 is 0 Å². The molecule has 0 fully saturated rings. The summed E-state index contributed by atoms with van der Waals surface area (Å²) in [6, 6.07) is 3.97. The fourth-order valence-electron chi connectivity index (χ4n) is 1.21. The molecule has 82 valence electrons. The van der Waals surface area contributed by atoms with E-state index in [2.05, 4.69) is 15.9 Å². The molecule has 0 spiro atoms. The highest BCUT2D eigenvalue weighted by Gasteiger charge is 2.04. The van der Waals surface area contributed by atoms with E-state index in [1.54, 1.807) is 22.3 Å². The molecule has 0 unspecified atom stereocenters. The zero-order chi connectivity index (χ0) is 11.3. The fraction of sp³-hybridized carbons (Fsp3) is 0.364. The lowest BCUT2D eigenvalue weighted by Crippen LogP contribution is -2.28. The zero-order valence-corrected chi connectivity index (χ0v) is 11.3. The van der Waals surface area contributed by atoms with Gasteiger partial charge in [0, 0.05) is 24.0 Å². The molecule has 0 atom stereocenters. The number of hydrogen-bond donors (Lipinski definition) is 0. The van der Waals surface area contributed by atoms with Gasteiger partial charge in [-0.05, 0) is 48.0 Å². The summed E-state index contributed by atoms with van der Waals surface area (Å²) in [6.07, 6.45) is 3.49. The monoisotopic (exact) mass is 287 g/mol. The lowest BCUT2D eigenvalue weighted by atomic mass is 10.3. The van der Waals surface area contributed by atoms with Gasteiger partial charge in [-0.1, -0.05) is 0 Å². The molecule has 0 aromatic carbocycles. The van der Waals surface area contributed by atoms with Crippen LogP contribution in [0.3, 0.4) is 0 Å². The van der Waals surface area contributed by atoms with Gasteiger partial charge in [-0.25, -0.2) is 0 Å². The Hall–Kier alpha value is -0.610. The second-order valence-corrected chi connectivity index (χ2v) is 5.48. The average Bonchev–Trinajstić information content (AvgIpc) is 2.63. The second-order valence-electron chi connectivity index (χ2n) is 2.99. The van der Waals surface area contributed by atoms with E-state index < -0.39 is 0 Å². The Morgan fingerprint density at radius 2 is 2.13 bits per heavy atom. The van der Waals surface area contributed by atoms with Crippen molar-refractivity contribution < 1.29 is 4.79 Å². The molecule has 0 N–H and O–H groups in total. The van der Waals surface area contributed by atoms with Crippen LogP contribution in [0.1, 0.15) is 18.7 Å². The van der Waals surface area contributed by atoms with Gasteiger partial charge in [0.15, 0.2) is 0 Å². The summed E-state index contributed by atoms with van der Waals surface area (Å²) >= 11 is 5.00. The lowest BCUT2D eigenvalue weighted by molar-refractivity contribution is -0.125. The van der Waals surface area contributed by atoms with Gasteiger partial charge in [-0.2, -0.15) is 0 Å². The molecule has 0 saturated heterocycles. The van der Waals surface area contributed by atoms with Gasteiger partial charge in [-0.15, -0.1) is 11.3 Å². The third-order valence-electron chi connectivity index (χ3n) is 2.06. The summed E-state index contributed by atoms with van der Waals surface area (Å²) in [5.41, 5.74) is 0. The minimum absolute atomic E-state index is 0.0736. The minimum atomic E-state index is 0.0736. The van der Waals surface area contributed by atoms with Crippen LogP contribution in [0, 0.1) is 0 Å². The molecule has 0 radical (unpaired) electrons. The molecule has 0 aliphatic rings. The Bertz CT molecular complexity index is 355. The van der Waals surface area contributed by atoms with Crippen LogP contribution in [0.15, 0.2) is 22.0 Å². The van der Waals surface area contributed by atoms with Gasteiger partial charge in [-0.3, -0.25) is 4.79 Å². The predicted octanol–water partition coefficient (Wildman–Crippen LogP) is 3.39. The van der Waals surface area contributed by atoms with Crippen molar-refractivity contribution in [3.8, 4) is 0 Å². The summed E-state index contributed by atoms with van der Waals surface area (Å²) in [6.45, 7) is 5.48. The molecule has 1 rings (SSSR count). The number of carbonyl (C=O) groups excluding carboxylic acids is 1. The summed E-state index contributed by atoms with van der Waals surface area (Å²) < 4.78 is 1.08. The number of hydrogen-bond acceptors (Lipinski definition) is 2. The minimum Gasteiger partial charge on any atom is -0.340 e. The average molecular weight is 288 g/mol. The summed E-state index contributed by atoms with van der Waals surface area (Å²) in [5, 5.41) is 0. The van der Waals surface area contributed by atoms with E-state index in [1.165, 1.54) is 0 Å². The first-order valence-electron chi connectivity index (χ1n) is 4.89. The molecular formula is C11H14BrNOS. The largest absolute Gasteiger partial charge is 0.340 e. The van der Waals surface area contributed by atoms with Crippen molar-refractivity contribution >= 4 is 39.2 Å². The SMILES string of the molecule is CCN(CC)C(=O)C=Cc1ccc(Br)s1. The number of carbonyl (C=O) groups is 1. The highest BCUT2D eigenvalue weighted by molar-refractivity contribution is 9.11. The van der Waals surface area contributed by atoms with Crippen molar-refractivity contribution in [3.63, 3.8) is 0 Å². The van der Waals surface area contributed by atoms with E-state index in [1.807, 2.05) is 32.1 Å². The van der Waals surface area contributed by atoms with Crippen molar-refractivity contribution in [1.82, 2.24) is 4.90 Å². The van der Waals surface area contributed by atoms with Crippen LogP contribution >= 0.6 is 27.3 Å². The van der Waals surface area contributed by atoms with Gasteiger partial charge in [0.2, 0.25) is 5.91 Å². The summed E-state index contributed by atoms with van der Waals surface area (Å²) in [4.78, 5) is 14.5. The molecule has 1 heterocycles. The maximum absolute atomic E-state index is 11.6. The first kappa shape index (κ1) is 12.5. The molecule has 0 aliphatic carbocycles. The van der Waals surface area contributed by atoms with Gasteiger partial charge in [0.25, 0.3) is 0 Å². The molecule has 1 aromatic heterocycles. The number of likely N-dealkylation sites (N-methyl/N-ethyl adjacent to an activating group) is 1. The van der Waals surface area contributed by atoms with Crippen molar-refractivity contribution in [2.75, 3.05) is 13.1 Å². The maximum atomic E-state index is 11.6. The Labute approximate surface area is 103 Å². The second kappa shape index (κ2) is 6.08. The predicted molar refractivity (Wildman–Crippen MR) is 69.0 cm³/mol. The lowest BCUT2D eigenvalue weighted by Gasteiger charge is -2.15. The van der Waals surface area contributed by atoms with Crippen molar-refractivity contribution in [1.29, 1.82) is 0 Å². The quantitative estimate of drug-likeness (QED) is 0.778. The third kappa shape index (κ3) is 3.80. The standard InChI is InChI=1S/C11H14BrNOS/c1-3-13(4-2)11(14)8-6-9-5-7-10(12)15-9/h5-8H,3-4H2,1-2H3. The van der Waals surface area contributed by atoms with E-state index in [9.17, 15) is 4.79 Å². The molecular weight excluding hydrogens is 274 g/mol. The van der Waals surface area contributed by atoms with Gasteiger partial charge in [0.05, 0.1) is 3.79 Å². The normalized spacial score (nSPS) is 10.9. The van der Waals surface area contributed by atoms with E-state index in [4.69, 9.17) is 0 Å². The Morgan fingerprint density at radius 3 is 2.60 bits per heavy atom. The first-order valence-corrected chi connectivity index (χ1v) is 6.50. The molecule has 15 heavy (non-hydrogen) atoms. The number of rotatable bonds is 4. The Morgan fingerprint density at radius 1 is 1.47 bits per heavy atom. The van der Waals surface area contributed by atoms with Crippen LogP contribution in [0.2, 0.25) is 0 Å². The van der Waals surface area contributed by atoms with Crippen LogP contribution < -0.4 is 0 Å². The first-order chi connectivity index (χ1) is 7.17. The van der Waals surface area contributed by atoms with Crippen molar-refractivity contribution in [2.24, 2.45) is 0 Å². The van der Waals surface area contributed by atoms with E-state index in [0.29, 0.717) is 0 Å². The van der Waals surface area contributed by atoms with E-state index in [-0.39, 0.29) is 5.91 Å². The molecule has 1 amide bonds. The van der Waals surface area contributed by atoms with Crippen molar-refractivity contribution in [3.05, 3.63) is 26.9 Å².